The van der Waals surface area contributed by atoms with Crippen molar-refractivity contribution in [2.45, 2.75) is 0 Å². The summed E-state index contributed by atoms with van der Waals surface area (Å²) < 4.78 is 23.4. The lowest BCUT2D eigenvalue weighted by Gasteiger charge is -2.33. The van der Waals surface area contributed by atoms with Crippen molar-refractivity contribution < 1.29 is 13.9 Å². The third kappa shape index (κ3) is 3.26. The van der Waals surface area contributed by atoms with Gasteiger partial charge in [-0.25, -0.2) is 0 Å². The van der Waals surface area contributed by atoms with Crippen LogP contribution in [0.15, 0.2) is 60.4 Å². The van der Waals surface area contributed by atoms with Crippen LogP contribution in [0.2, 0.25) is 0 Å². The molecule has 1 atom stereocenters. The van der Waals surface area contributed by atoms with Gasteiger partial charge in [-0.05, 0) is 23.3 Å². The van der Waals surface area contributed by atoms with E-state index in [9.17, 15) is 8.76 Å². The minimum atomic E-state index is -2.39. The van der Waals surface area contributed by atoms with Gasteiger partial charge in [0.15, 0.2) is 0 Å². The summed E-state index contributed by atoms with van der Waals surface area (Å²) >= 11 is -2.39. The fourth-order valence-corrected chi connectivity index (χ4v) is 2.13. The van der Waals surface area contributed by atoms with E-state index in [1.165, 1.54) is 10.4 Å². The Morgan fingerprint density at radius 1 is 1.47 bits per heavy atom. The summed E-state index contributed by atoms with van der Waals surface area (Å²) in [6.45, 7) is 7.11. The zero-order valence-electron chi connectivity index (χ0n) is 9.33. The number of aliphatic hydroxyl groups excluding tert-OH is 1. The van der Waals surface area contributed by atoms with Crippen LogP contribution in [0.1, 0.15) is 0 Å². The second-order valence-electron chi connectivity index (χ2n) is 3.36. The van der Waals surface area contributed by atoms with E-state index in [0.717, 1.165) is 0 Å². The molecule has 0 radical (unpaired) electrons. The van der Waals surface area contributed by atoms with Gasteiger partial charge in [0, 0.05) is 11.3 Å². The lowest BCUT2D eigenvalue weighted by Crippen LogP contribution is -2.32. The summed E-state index contributed by atoms with van der Waals surface area (Å²) in [5.41, 5.74) is 1.83. The predicted molar refractivity (Wildman–Crippen MR) is 67.4 cm³/mol. The molecule has 1 aliphatic rings. The number of allylic oxidation sites excluding steroid dienone is 5. The first kappa shape index (κ1) is 13.6. The van der Waals surface area contributed by atoms with Crippen LogP contribution in [0.3, 0.4) is 0 Å². The van der Waals surface area contributed by atoms with E-state index in [0.29, 0.717) is 16.8 Å². The van der Waals surface area contributed by atoms with Crippen LogP contribution >= 0.6 is 0 Å². The SMILES string of the molecule is C=C/C=C1/C=C(CO)CN(S(=O)[O-])/C1=C/C=C. The van der Waals surface area contributed by atoms with E-state index in [1.54, 1.807) is 24.3 Å². The van der Waals surface area contributed by atoms with Crippen molar-refractivity contribution in [3.63, 3.8) is 0 Å². The maximum absolute atomic E-state index is 11.1. The molecule has 0 saturated carbocycles. The number of aliphatic hydroxyl groups is 1. The van der Waals surface area contributed by atoms with Crippen LogP contribution < -0.4 is 0 Å². The van der Waals surface area contributed by atoms with E-state index in [2.05, 4.69) is 13.2 Å². The van der Waals surface area contributed by atoms with Crippen LogP contribution in [0.5, 0.6) is 0 Å². The fraction of sp³-hybridized carbons (Fsp3) is 0.167. The van der Waals surface area contributed by atoms with Gasteiger partial charge in [0.25, 0.3) is 0 Å². The molecule has 0 aromatic rings. The Labute approximate surface area is 103 Å². The third-order valence-corrected chi connectivity index (χ3v) is 2.91. The van der Waals surface area contributed by atoms with Crippen molar-refractivity contribution in [3.8, 4) is 0 Å². The zero-order chi connectivity index (χ0) is 12.8. The predicted octanol–water partition coefficient (Wildman–Crippen LogP) is 1.20. The van der Waals surface area contributed by atoms with Gasteiger partial charge in [0.05, 0.1) is 18.8 Å². The van der Waals surface area contributed by atoms with E-state index in [4.69, 9.17) is 5.11 Å². The number of hydrogen-bond donors (Lipinski definition) is 1. The van der Waals surface area contributed by atoms with E-state index in [-0.39, 0.29) is 13.2 Å². The molecule has 1 unspecified atom stereocenters. The lowest BCUT2D eigenvalue weighted by atomic mass is 10.0. The summed E-state index contributed by atoms with van der Waals surface area (Å²) in [4.78, 5) is 0. The van der Waals surface area contributed by atoms with E-state index >= 15 is 0 Å². The van der Waals surface area contributed by atoms with Gasteiger partial charge in [0.2, 0.25) is 0 Å². The molecule has 1 heterocycles. The molecule has 4 nitrogen and oxygen atoms in total. The first-order chi connectivity index (χ1) is 8.13. The minimum Gasteiger partial charge on any atom is -0.755 e. The Morgan fingerprint density at radius 2 is 2.12 bits per heavy atom. The van der Waals surface area contributed by atoms with Gasteiger partial charge in [-0.2, -0.15) is 0 Å². The molecule has 0 aromatic heterocycles. The maximum atomic E-state index is 11.1. The zero-order valence-corrected chi connectivity index (χ0v) is 10.2. The van der Waals surface area contributed by atoms with Gasteiger partial charge in [-0.3, -0.25) is 8.51 Å². The van der Waals surface area contributed by atoms with Gasteiger partial charge < -0.3 is 9.66 Å². The number of rotatable bonds is 4. The average molecular weight is 252 g/mol. The van der Waals surface area contributed by atoms with Crippen molar-refractivity contribution in [2.75, 3.05) is 13.2 Å². The molecule has 92 valence electrons. The second-order valence-corrected chi connectivity index (χ2v) is 4.23. The molecule has 0 bridgehead atoms. The average Bonchev–Trinajstić information content (AvgIpc) is 2.31. The Morgan fingerprint density at radius 3 is 2.59 bits per heavy atom. The van der Waals surface area contributed by atoms with Gasteiger partial charge in [-0.1, -0.05) is 31.4 Å². The van der Waals surface area contributed by atoms with Crippen molar-refractivity contribution in [1.82, 2.24) is 4.31 Å². The molecule has 17 heavy (non-hydrogen) atoms. The molecule has 0 spiro atoms. The molecule has 0 amide bonds. The second kappa shape index (κ2) is 6.34. The molecule has 1 N–H and O–H groups in total. The Bertz CT molecular complexity index is 435. The monoisotopic (exact) mass is 252 g/mol. The van der Waals surface area contributed by atoms with Crippen molar-refractivity contribution in [1.29, 1.82) is 0 Å². The standard InChI is InChI=1S/C12H15NO3S/c1-3-5-11-7-10(9-14)8-13(17(15)16)12(11)6-4-2/h3-7,14H,1-2,8-9H2,(H,15,16)/p-1/b11-5-,12-6+. The third-order valence-electron chi connectivity index (χ3n) is 2.23. The molecule has 0 aliphatic carbocycles. The molecule has 0 saturated heterocycles. The van der Waals surface area contributed by atoms with Crippen LogP contribution in [0.4, 0.5) is 0 Å². The minimum absolute atomic E-state index is 0.154. The van der Waals surface area contributed by atoms with E-state index < -0.39 is 11.3 Å². The Balaban J connectivity index is 3.28. The largest absolute Gasteiger partial charge is 0.755 e. The van der Waals surface area contributed by atoms with Crippen molar-refractivity contribution in [3.05, 3.63) is 60.4 Å². The maximum Gasteiger partial charge on any atom is 0.0662 e. The van der Waals surface area contributed by atoms with Gasteiger partial charge in [-0.15, -0.1) is 0 Å². The molecule has 1 rings (SSSR count). The normalized spacial score (nSPS) is 22.5. The summed E-state index contributed by atoms with van der Waals surface area (Å²) in [7, 11) is 0. The smallest absolute Gasteiger partial charge is 0.0662 e. The Kier molecular flexibility index (Phi) is 5.09. The highest BCUT2D eigenvalue weighted by molar-refractivity contribution is 7.76. The first-order valence-corrected chi connectivity index (χ1v) is 6.00. The summed E-state index contributed by atoms with van der Waals surface area (Å²) in [6.07, 6.45) is 8.12. The Hall–Kier alpha value is -1.43. The fourth-order valence-electron chi connectivity index (χ4n) is 1.53. The highest BCUT2D eigenvalue weighted by Crippen LogP contribution is 2.26. The molecule has 5 heteroatoms. The lowest BCUT2D eigenvalue weighted by molar-refractivity contribution is 0.319. The van der Waals surface area contributed by atoms with Crippen LogP contribution in [0.25, 0.3) is 0 Å². The van der Waals surface area contributed by atoms with Crippen LogP contribution in [-0.4, -0.2) is 31.3 Å². The number of hydrogen-bond acceptors (Lipinski definition) is 3. The molecular formula is C12H14NO3S-. The highest BCUT2D eigenvalue weighted by atomic mass is 32.2. The van der Waals surface area contributed by atoms with E-state index in [1.807, 2.05) is 0 Å². The molecular weight excluding hydrogens is 238 g/mol. The topological polar surface area (TPSA) is 63.6 Å². The van der Waals surface area contributed by atoms with Crippen LogP contribution in [0, 0.1) is 0 Å². The molecule has 1 aliphatic heterocycles. The van der Waals surface area contributed by atoms with Gasteiger partial charge in [0.1, 0.15) is 0 Å². The molecule has 0 fully saturated rings. The summed E-state index contributed by atoms with van der Waals surface area (Å²) in [5.74, 6) is 0. The van der Waals surface area contributed by atoms with Crippen molar-refractivity contribution >= 4 is 11.3 Å². The highest BCUT2D eigenvalue weighted by Gasteiger charge is 2.19. The summed E-state index contributed by atoms with van der Waals surface area (Å²) in [5, 5.41) is 9.10. The van der Waals surface area contributed by atoms with Crippen LogP contribution in [-0.2, 0) is 11.3 Å². The van der Waals surface area contributed by atoms with Crippen molar-refractivity contribution in [2.24, 2.45) is 0 Å². The first-order valence-electron chi connectivity index (χ1n) is 4.97. The quantitative estimate of drug-likeness (QED) is 0.765. The summed E-state index contributed by atoms with van der Waals surface area (Å²) in [6, 6.07) is 0. The number of nitrogens with zero attached hydrogens (tertiary/aromatic N) is 1. The van der Waals surface area contributed by atoms with Gasteiger partial charge >= 0.3 is 0 Å². The molecule has 0 aromatic carbocycles.